The molecule has 1 aromatic carbocycles. The first-order chi connectivity index (χ1) is 12.7. The Morgan fingerprint density at radius 3 is 2.85 bits per heavy atom. The third-order valence-electron chi connectivity index (χ3n) is 4.52. The lowest BCUT2D eigenvalue weighted by atomic mass is 10.1. The van der Waals surface area contributed by atoms with Gasteiger partial charge in [-0.15, -0.1) is 10.2 Å². The Morgan fingerprint density at radius 2 is 2.08 bits per heavy atom. The zero-order valence-electron chi connectivity index (χ0n) is 14.8. The van der Waals surface area contributed by atoms with Crippen LogP contribution in [0, 0.1) is 6.92 Å². The molecule has 1 saturated heterocycles. The first-order valence-corrected chi connectivity index (χ1v) is 9.47. The van der Waals surface area contributed by atoms with Gasteiger partial charge in [0.2, 0.25) is 5.91 Å². The van der Waals surface area contributed by atoms with Crippen molar-refractivity contribution in [3.63, 3.8) is 0 Å². The van der Waals surface area contributed by atoms with Crippen molar-refractivity contribution in [1.29, 1.82) is 0 Å². The van der Waals surface area contributed by atoms with Crippen LogP contribution >= 0.6 is 11.8 Å². The van der Waals surface area contributed by atoms with Gasteiger partial charge < -0.3 is 14.4 Å². The van der Waals surface area contributed by atoms with Crippen molar-refractivity contribution >= 4 is 34.2 Å². The lowest BCUT2D eigenvalue weighted by molar-refractivity contribution is -0.132. The van der Waals surface area contributed by atoms with Crippen LogP contribution in [-0.2, 0) is 9.53 Å². The smallest absolute Gasteiger partial charge is 0.233 e. The highest BCUT2D eigenvalue weighted by atomic mass is 32.2. The highest BCUT2D eigenvalue weighted by Crippen LogP contribution is 2.28. The van der Waals surface area contributed by atoms with Crippen LogP contribution in [0.25, 0.3) is 16.6 Å². The Balaban J connectivity index is 1.65. The van der Waals surface area contributed by atoms with E-state index in [9.17, 15) is 4.79 Å². The van der Waals surface area contributed by atoms with Crippen LogP contribution in [0.4, 0.5) is 0 Å². The minimum Gasteiger partial charge on any atom is -0.497 e. The van der Waals surface area contributed by atoms with E-state index in [1.165, 1.54) is 11.8 Å². The summed E-state index contributed by atoms with van der Waals surface area (Å²) >= 11 is 1.42. The minimum atomic E-state index is 0.105. The summed E-state index contributed by atoms with van der Waals surface area (Å²) in [4.78, 5) is 14.3. The molecule has 0 radical (unpaired) electrons. The number of nitrogens with zero attached hydrogens (tertiary/aromatic N) is 4. The molecule has 0 N–H and O–H groups in total. The molecule has 1 aliphatic rings. The number of carbonyl (C=O) groups is 1. The Bertz CT molecular complexity index is 966. The van der Waals surface area contributed by atoms with Gasteiger partial charge in [0.1, 0.15) is 5.75 Å². The number of aryl methyl sites for hydroxylation is 1. The minimum absolute atomic E-state index is 0.105. The van der Waals surface area contributed by atoms with Crippen LogP contribution in [0.5, 0.6) is 5.75 Å². The third kappa shape index (κ3) is 3.10. The molecule has 0 aliphatic carbocycles. The number of thioether (sulfide) groups is 1. The molecule has 0 spiro atoms. The van der Waals surface area contributed by atoms with Gasteiger partial charge in [0.15, 0.2) is 10.8 Å². The summed E-state index contributed by atoms with van der Waals surface area (Å²) in [5, 5.41) is 10.4. The van der Waals surface area contributed by atoms with E-state index >= 15 is 0 Å². The van der Waals surface area contributed by atoms with Gasteiger partial charge in [0.05, 0.1) is 31.6 Å². The molecular formula is C18H20N4O3S. The van der Waals surface area contributed by atoms with Crippen LogP contribution in [0.2, 0.25) is 0 Å². The second kappa shape index (κ2) is 7.13. The van der Waals surface area contributed by atoms with Crippen LogP contribution in [0.3, 0.4) is 0 Å². The number of methoxy groups -OCH3 is 1. The van der Waals surface area contributed by atoms with E-state index in [4.69, 9.17) is 9.47 Å². The first-order valence-electron chi connectivity index (χ1n) is 8.48. The fourth-order valence-corrected chi connectivity index (χ4v) is 3.99. The molecule has 2 aromatic heterocycles. The molecular weight excluding hydrogens is 352 g/mol. The quantitative estimate of drug-likeness (QED) is 0.654. The molecule has 7 nitrogen and oxygen atoms in total. The number of hydrogen-bond acceptors (Lipinski definition) is 6. The van der Waals surface area contributed by atoms with Gasteiger partial charge in [0.25, 0.3) is 0 Å². The monoisotopic (exact) mass is 372 g/mol. The van der Waals surface area contributed by atoms with E-state index in [2.05, 4.69) is 16.3 Å². The maximum absolute atomic E-state index is 12.4. The summed E-state index contributed by atoms with van der Waals surface area (Å²) in [6.45, 7) is 4.53. The number of pyridine rings is 1. The molecule has 0 atom stereocenters. The van der Waals surface area contributed by atoms with E-state index in [1.54, 1.807) is 7.11 Å². The van der Waals surface area contributed by atoms with Crippen molar-refractivity contribution in [3.8, 4) is 5.75 Å². The number of amides is 1. The zero-order chi connectivity index (χ0) is 18.1. The lowest BCUT2D eigenvalue weighted by Gasteiger charge is -2.26. The topological polar surface area (TPSA) is 69.0 Å². The number of rotatable bonds is 4. The summed E-state index contributed by atoms with van der Waals surface area (Å²) in [7, 11) is 1.66. The molecule has 0 unspecified atom stereocenters. The Morgan fingerprint density at radius 1 is 1.27 bits per heavy atom. The van der Waals surface area contributed by atoms with Crippen molar-refractivity contribution in [3.05, 3.63) is 29.8 Å². The van der Waals surface area contributed by atoms with Gasteiger partial charge in [-0.25, -0.2) is 0 Å². The van der Waals surface area contributed by atoms with Gasteiger partial charge in [-0.1, -0.05) is 11.8 Å². The highest BCUT2D eigenvalue weighted by Gasteiger charge is 2.19. The number of morpholine rings is 1. The van der Waals surface area contributed by atoms with Crippen molar-refractivity contribution in [2.24, 2.45) is 0 Å². The summed E-state index contributed by atoms with van der Waals surface area (Å²) in [5.41, 5.74) is 2.84. The normalized spacial score (nSPS) is 14.9. The standard InChI is InChI=1S/C18H20N4O3S/c1-12-9-13-10-14(24-2)3-4-15(13)22-17(12)19-20-18(22)26-11-16(23)21-5-7-25-8-6-21/h3-4,9-10H,5-8,11H2,1-2H3. The molecule has 26 heavy (non-hydrogen) atoms. The van der Waals surface area contributed by atoms with Gasteiger partial charge in [-0.05, 0) is 36.8 Å². The Kier molecular flexibility index (Phi) is 4.69. The predicted molar refractivity (Wildman–Crippen MR) is 99.9 cm³/mol. The Labute approximate surface area is 155 Å². The Hall–Kier alpha value is -2.32. The van der Waals surface area contributed by atoms with Gasteiger partial charge in [0, 0.05) is 18.5 Å². The second-order valence-electron chi connectivity index (χ2n) is 6.18. The van der Waals surface area contributed by atoms with Gasteiger partial charge in [-0.3, -0.25) is 9.20 Å². The van der Waals surface area contributed by atoms with Crippen LogP contribution in [0.15, 0.2) is 29.4 Å². The number of aromatic nitrogens is 3. The van der Waals surface area contributed by atoms with Crippen LogP contribution in [-0.4, -0.2) is 64.6 Å². The largest absolute Gasteiger partial charge is 0.497 e. The average Bonchev–Trinajstić information content (AvgIpc) is 3.11. The number of ether oxygens (including phenoxy) is 2. The number of hydrogen-bond donors (Lipinski definition) is 0. The van der Waals surface area contributed by atoms with Crippen molar-refractivity contribution in [1.82, 2.24) is 19.5 Å². The molecule has 1 fully saturated rings. The molecule has 136 valence electrons. The van der Waals surface area contributed by atoms with Crippen LogP contribution < -0.4 is 4.74 Å². The second-order valence-corrected chi connectivity index (χ2v) is 7.12. The zero-order valence-corrected chi connectivity index (χ0v) is 15.6. The number of fused-ring (bicyclic) bond motifs is 3. The van der Waals surface area contributed by atoms with E-state index in [1.807, 2.05) is 34.4 Å². The average molecular weight is 372 g/mol. The molecule has 8 heteroatoms. The van der Waals surface area contributed by atoms with E-state index < -0.39 is 0 Å². The predicted octanol–water partition coefficient (Wildman–Crippen LogP) is 2.15. The van der Waals surface area contributed by atoms with Gasteiger partial charge in [-0.2, -0.15) is 0 Å². The summed E-state index contributed by atoms with van der Waals surface area (Å²) in [6, 6.07) is 7.99. The number of benzene rings is 1. The lowest BCUT2D eigenvalue weighted by Crippen LogP contribution is -2.41. The van der Waals surface area contributed by atoms with Crippen molar-refractivity contribution in [2.75, 3.05) is 39.2 Å². The van der Waals surface area contributed by atoms with E-state index in [0.29, 0.717) is 32.1 Å². The van der Waals surface area contributed by atoms with E-state index in [-0.39, 0.29) is 5.91 Å². The molecule has 3 heterocycles. The van der Waals surface area contributed by atoms with E-state index in [0.717, 1.165) is 33.0 Å². The van der Waals surface area contributed by atoms with Gasteiger partial charge >= 0.3 is 0 Å². The molecule has 1 aliphatic heterocycles. The fourth-order valence-electron chi connectivity index (χ4n) is 3.14. The fraction of sp³-hybridized carbons (Fsp3) is 0.389. The van der Waals surface area contributed by atoms with Crippen molar-refractivity contribution < 1.29 is 14.3 Å². The molecule has 0 bridgehead atoms. The molecule has 0 saturated carbocycles. The summed E-state index contributed by atoms with van der Waals surface area (Å²) in [6.07, 6.45) is 0. The highest BCUT2D eigenvalue weighted by molar-refractivity contribution is 7.99. The summed E-state index contributed by atoms with van der Waals surface area (Å²) < 4.78 is 12.6. The SMILES string of the molecule is COc1ccc2c(c1)cc(C)c1nnc(SCC(=O)N3CCOCC3)n12. The molecule has 4 rings (SSSR count). The first kappa shape index (κ1) is 17.1. The van der Waals surface area contributed by atoms with Crippen molar-refractivity contribution in [2.45, 2.75) is 12.1 Å². The third-order valence-corrected chi connectivity index (χ3v) is 5.44. The number of carbonyl (C=O) groups excluding carboxylic acids is 1. The maximum atomic E-state index is 12.4. The maximum Gasteiger partial charge on any atom is 0.233 e. The summed E-state index contributed by atoms with van der Waals surface area (Å²) in [5.74, 6) is 1.25. The van der Waals surface area contributed by atoms with Crippen LogP contribution in [0.1, 0.15) is 5.56 Å². The molecule has 1 amide bonds. The molecule has 3 aromatic rings.